The van der Waals surface area contributed by atoms with E-state index < -0.39 is 5.60 Å². The van der Waals surface area contributed by atoms with Crippen LogP contribution in [0.1, 0.15) is 53.4 Å². The first-order valence-electron chi connectivity index (χ1n) is 6.71. The molecule has 0 radical (unpaired) electrons. The van der Waals surface area contributed by atoms with E-state index in [0.717, 1.165) is 24.2 Å². The fourth-order valence-corrected chi connectivity index (χ4v) is 3.97. The van der Waals surface area contributed by atoms with Gasteiger partial charge in [0.15, 0.2) is 0 Å². The molecule has 3 unspecified atom stereocenters. The van der Waals surface area contributed by atoms with E-state index in [1.165, 1.54) is 19.3 Å². The van der Waals surface area contributed by atoms with E-state index in [2.05, 4.69) is 19.9 Å². The predicted octanol–water partition coefficient (Wildman–Crippen LogP) is 3.78. The van der Waals surface area contributed by atoms with Crippen LogP contribution in [0.15, 0.2) is 12.2 Å². The summed E-state index contributed by atoms with van der Waals surface area (Å²) in [7, 11) is 0. The maximum atomic E-state index is 9.67. The summed E-state index contributed by atoms with van der Waals surface area (Å²) in [5.74, 6) is 2.74. The van der Waals surface area contributed by atoms with Crippen molar-refractivity contribution < 1.29 is 5.11 Å². The molecule has 2 fully saturated rings. The van der Waals surface area contributed by atoms with E-state index in [1.807, 2.05) is 19.9 Å². The van der Waals surface area contributed by atoms with Crippen LogP contribution in [-0.4, -0.2) is 10.7 Å². The summed E-state index contributed by atoms with van der Waals surface area (Å²) in [6.07, 6.45) is 9.65. The first kappa shape index (κ1) is 12.2. The summed E-state index contributed by atoms with van der Waals surface area (Å²) < 4.78 is 0. The second-order valence-corrected chi connectivity index (χ2v) is 6.99. The van der Waals surface area contributed by atoms with E-state index in [-0.39, 0.29) is 0 Å². The molecule has 3 atom stereocenters. The van der Waals surface area contributed by atoms with Gasteiger partial charge in [0.2, 0.25) is 0 Å². The normalized spacial score (nSPS) is 37.4. The van der Waals surface area contributed by atoms with Gasteiger partial charge < -0.3 is 5.11 Å². The topological polar surface area (TPSA) is 20.2 Å². The summed E-state index contributed by atoms with van der Waals surface area (Å²) in [5, 5.41) is 9.67. The second kappa shape index (κ2) is 3.87. The zero-order chi connectivity index (χ0) is 12.0. The van der Waals surface area contributed by atoms with Crippen LogP contribution in [0.5, 0.6) is 0 Å². The Balaban J connectivity index is 1.98. The molecule has 2 aliphatic rings. The zero-order valence-electron chi connectivity index (χ0n) is 11.2. The average molecular weight is 222 g/mol. The number of rotatable bonds is 3. The van der Waals surface area contributed by atoms with Crippen LogP contribution in [0, 0.1) is 23.2 Å². The molecule has 0 aromatic carbocycles. The van der Waals surface area contributed by atoms with E-state index in [1.54, 1.807) is 0 Å². The molecule has 2 aliphatic carbocycles. The van der Waals surface area contributed by atoms with Gasteiger partial charge in [0, 0.05) is 0 Å². The fourth-order valence-electron chi connectivity index (χ4n) is 3.97. The van der Waals surface area contributed by atoms with Crippen LogP contribution in [-0.2, 0) is 0 Å². The van der Waals surface area contributed by atoms with E-state index in [9.17, 15) is 5.11 Å². The highest BCUT2D eigenvalue weighted by Crippen LogP contribution is 2.60. The van der Waals surface area contributed by atoms with Crippen molar-refractivity contribution >= 4 is 0 Å². The minimum absolute atomic E-state index is 0.521. The molecule has 0 aromatic heterocycles. The van der Waals surface area contributed by atoms with Gasteiger partial charge in [-0.15, -0.1) is 0 Å². The van der Waals surface area contributed by atoms with Crippen LogP contribution in [0.25, 0.3) is 0 Å². The molecule has 1 heteroatoms. The third-order valence-corrected chi connectivity index (χ3v) is 4.97. The molecular weight excluding hydrogens is 196 g/mol. The van der Waals surface area contributed by atoms with Gasteiger partial charge in [-0.05, 0) is 62.7 Å². The Morgan fingerprint density at radius 1 is 1.31 bits per heavy atom. The molecule has 0 heterocycles. The Labute approximate surface area is 99.9 Å². The lowest BCUT2D eigenvalue weighted by atomic mass is 9.67. The number of hydrogen-bond acceptors (Lipinski definition) is 1. The Morgan fingerprint density at radius 3 is 2.50 bits per heavy atom. The summed E-state index contributed by atoms with van der Waals surface area (Å²) >= 11 is 0. The molecule has 2 bridgehead atoms. The molecule has 2 saturated carbocycles. The molecule has 16 heavy (non-hydrogen) atoms. The highest BCUT2D eigenvalue weighted by molar-refractivity contribution is 5.05. The third kappa shape index (κ3) is 2.20. The molecule has 0 spiro atoms. The molecule has 0 aromatic rings. The van der Waals surface area contributed by atoms with Crippen LogP contribution < -0.4 is 0 Å². The number of fused-ring (bicyclic) bond motifs is 2. The minimum Gasteiger partial charge on any atom is -0.386 e. The van der Waals surface area contributed by atoms with Crippen molar-refractivity contribution in [2.45, 2.75) is 59.0 Å². The van der Waals surface area contributed by atoms with Gasteiger partial charge in [0.25, 0.3) is 0 Å². The number of hydrogen-bond donors (Lipinski definition) is 1. The van der Waals surface area contributed by atoms with Gasteiger partial charge in [-0.2, -0.15) is 0 Å². The van der Waals surface area contributed by atoms with E-state index >= 15 is 0 Å². The third-order valence-electron chi connectivity index (χ3n) is 4.97. The lowest BCUT2D eigenvalue weighted by molar-refractivity contribution is 0.120. The number of allylic oxidation sites excluding steroid dienone is 1. The van der Waals surface area contributed by atoms with E-state index in [4.69, 9.17) is 0 Å². The van der Waals surface area contributed by atoms with Crippen molar-refractivity contribution in [2.24, 2.45) is 23.2 Å². The summed E-state index contributed by atoms with van der Waals surface area (Å²) in [6, 6.07) is 0. The lowest BCUT2D eigenvalue weighted by Gasteiger charge is -2.38. The monoisotopic (exact) mass is 222 g/mol. The Morgan fingerprint density at radius 2 is 2.00 bits per heavy atom. The van der Waals surface area contributed by atoms with Crippen molar-refractivity contribution in [1.29, 1.82) is 0 Å². The summed E-state index contributed by atoms with van der Waals surface area (Å²) in [6.45, 7) is 8.57. The Bertz CT molecular complexity index is 282. The Kier molecular flexibility index (Phi) is 2.94. The maximum Gasteiger partial charge on any atom is 0.0771 e. The first-order chi connectivity index (χ1) is 7.31. The van der Waals surface area contributed by atoms with Gasteiger partial charge in [-0.1, -0.05) is 26.0 Å². The van der Waals surface area contributed by atoms with Crippen LogP contribution in [0.2, 0.25) is 0 Å². The van der Waals surface area contributed by atoms with Gasteiger partial charge in [0.05, 0.1) is 5.60 Å². The molecule has 1 N–H and O–H groups in total. The smallest absolute Gasteiger partial charge is 0.0771 e. The largest absolute Gasteiger partial charge is 0.386 e. The van der Waals surface area contributed by atoms with Gasteiger partial charge >= 0.3 is 0 Å². The molecule has 92 valence electrons. The molecule has 2 rings (SSSR count). The molecular formula is C15H26O. The fraction of sp³-hybridized carbons (Fsp3) is 0.867. The maximum absolute atomic E-state index is 9.67. The zero-order valence-corrected chi connectivity index (χ0v) is 11.2. The van der Waals surface area contributed by atoms with Crippen molar-refractivity contribution in [3.8, 4) is 0 Å². The van der Waals surface area contributed by atoms with Gasteiger partial charge in [-0.3, -0.25) is 0 Å². The average Bonchev–Trinajstić information content (AvgIpc) is 2.65. The molecule has 0 saturated heterocycles. The Hall–Kier alpha value is -0.300. The SMILES string of the molecule is CC(C)(O)C=CCC1C2CCC(C2)C1(C)C. The highest BCUT2D eigenvalue weighted by atomic mass is 16.3. The molecule has 0 amide bonds. The minimum atomic E-state index is -0.651. The van der Waals surface area contributed by atoms with Gasteiger partial charge in [-0.25, -0.2) is 0 Å². The first-order valence-corrected chi connectivity index (χ1v) is 6.71. The van der Waals surface area contributed by atoms with Crippen molar-refractivity contribution in [3.63, 3.8) is 0 Å². The number of aliphatic hydroxyl groups is 1. The highest BCUT2D eigenvalue weighted by Gasteiger charge is 2.51. The van der Waals surface area contributed by atoms with Crippen molar-refractivity contribution in [2.75, 3.05) is 0 Å². The van der Waals surface area contributed by atoms with Crippen LogP contribution >= 0.6 is 0 Å². The molecule has 1 nitrogen and oxygen atoms in total. The van der Waals surface area contributed by atoms with Crippen molar-refractivity contribution in [3.05, 3.63) is 12.2 Å². The lowest BCUT2D eigenvalue weighted by Crippen LogP contribution is -2.30. The molecule has 0 aliphatic heterocycles. The summed E-state index contributed by atoms with van der Waals surface area (Å²) in [4.78, 5) is 0. The predicted molar refractivity (Wildman–Crippen MR) is 68.2 cm³/mol. The van der Waals surface area contributed by atoms with E-state index in [0.29, 0.717) is 5.41 Å². The van der Waals surface area contributed by atoms with Crippen LogP contribution in [0.4, 0.5) is 0 Å². The van der Waals surface area contributed by atoms with Crippen LogP contribution in [0.3, 0.4) is 0 Å². The van der Waals surface area contributed by atoms with Gasteiger partial charge in [0.1, 0.15) is 0 Å². The van der Waals surface area contributed by atoms with Crippen molar-refractivity contribution in [1.82, 2.24) is 0 Å². The quantitative estimate of drug-likeness (QED) is 0.721. The summed E-state index contributed by atoms with van der Waals surface area (Å²) in [5.41, 5.74) is -0.130. The standard InChI is InChI=1S/C15H26O/c1-14(2,16)9-5-6-13-11-7-8-12(10-11)15(13,3)4/h5,9,11-13,16H,6-8,10H2,1-4H3. The second-order valence-electron chi connectivity index (χ2n) is 6.99.